The van der Waals surface area contributed by atoms with Gasteiger partial charge in [0.15, 0.2) is 5.11 Å². The Morgan fingerprint density at radius 2 is 2.00 bits per heavy atom. The van der Waals surface area contributed by atoms with E-state index in [2.05, 4.69) is 21.9 Å². The second-order valence-electron chi connectivity index (χ2n) is 5.77. The van der Waals surface area contributed by atoms with Crippen LogP contribution in [-0.4, -0.2) is 23.4 Å². The molecule has 0 aliphatic heterocycles. The van der Waals surface area contributed by atoms with E-state index in [9.17, 15) is 9.90 Å². The Kier molecular flexibility index (Phi) is 6.68. The molecular weight excluding hydrogens is 350 g/mol. The topological polar surface area (TPSA) is 85.8 Å². The fraction of sp³-hybridized carbons (Fsp3) is 0.211. The number of anilines is 1. The first kappa shape index (κ1) is 19.4. The van der Waals surface area contributed by atoms with Crippen LogP contribution in [0.1, 0.15) is 23.6 Å². The van der Waals surface area contributed by atoms with Gasteiger partial charge in [0, 0.05) is 11.3 Å². The molecule has 7 heteroatoms. The molecular formula is C19H20N3O3S-. The van der Waals surface area contributed by atoms with Gasteiger partial charge in [-0.25, -0.2) is 0 Å². The Hall–Kier alpha value is -2.93. The maximum Gasteiger partial charge on any atom is 0.191 e. The summed E-state index contributed by atoms with van der Waals surface area (Å²) < 4.78 is 5.11. The molecule has 2 aromatic rings. The zero-order valence-electron chi connectivity index (χ0n) is 14.8. The third-order valence-electron chi connectivity index (χ3n) is 3.56. The number of hydrazone groups is 1. The third-order valence-corrected chi connectivity index (χ3v) is 3.76. The largest absolute Gasteiger partial charge is 0.546 e. The molecule has 0 aliphatic carbocycles. The fourth-order valence-corrected chi connectivity index (χ4v) is 2.41. The van der Waals surface area contributed by atoms with Crippen LogP contribution in [0.5, 0.6) is 5.75 Å². The molecule has 0 saturated heterocycles. The number of ether oxygens (including phenoxy) is 1. The lowest BCUT2D eigenvalue weighted by Crippen LogP contribution is -2.29. The van der Waals surface area contributed by atoms with Crippen molar-refractivity contribution in [2.45, 2.75) is 20.8 Å². The minimum absolute atomic E-state index is 0.376. The molecule has 0 atom stereocenters. The average Bonchev–Trinajstić information content (AvgIpc) is 2.60. The number of carboxylic acid groups (broad SMARTS) is 1. The minimum atomic E-state index is -1.27. The lowest BCUT2D eigenvalue weighted by molar-refractivity contribution is -0.307. The van der Waals surface area contributed by atoms with Crippen molar-refractivity contribution in [2.24, 2.45) is 5.10 Å². The van der Waals surface area contributed by atoms with Gasteiger partial charge >= 0.3 is 0 Å². The first-order chi connectivity index (χ1) is 12.3. The van der Waals surface area contributed by atoms with Crippen LogP contribution in [0.15, 0.2) is 47.6 Å². The summed E-state index contributed by atoms with van der Waals surface area (Å²) in [6.07, 6.45) is 0. The number of thiocarbonyl (C=S) groups is 1. The summed E-state index contributed by atoms with van der Waals surface area (Å²) in [4.78, 5) is 10.5. The summed E-state index contributed by atoms with van der Waals surface area (Å²) in [5.74, 6) is -0.845. The van der Waals surface area contributed by atoms with Crippen LogP contribution in [0.4, 0.5) is 5.69 Å². The molecule has 0 aliphatic rings. The number of aryl methyl sites for hydroxylation is 2. The van der Waals surface area contributed by atoms with E-state index < -0.39 is 12.6 Å². The van der Waals surface area contributed by atoms with E-state index in [1.54, 1.807) is 18.2 Å². The summed E-state index contributed by atoms with van der Waals surface area (Å²) in [6, 6.07) is 13.0. The Balaban J connectivity index is 1.99. The van der Waals surface area contributed by atoms with Gasteiger partial charge in [0.2, 0.25) is 0 Å². The highest BCUT2D eigenvalue weighted by Gasteiger charge is 2.03. The molecule has 2 rings (SSSR count). The zero-order chi connectivity index (χ0) is 19.1. The first-order valence-electron chi connectivity index (χ1n) is 7.97. The molecule has 0 heterocycles. The molecule has 2 aromatic carbocycles. The van der Waals surface area contributed by atoms with E-state index in [0.29, 0.717) is 16.6 Å². The summed E-state index contributed by atoms with van der Waals surface area (Å²) in [6.45, 7) is 5.35. The summed E-state index contributed by atoms with van der Waals surface area (Å²) in [5.41, 5.74) is 7.45. The molecule has 0 spiro atoms. The third kappa shape index (κ3) is 5.86. The number of aliphatic carboxylic acids is 1. The van der Waals surface area contributed by atoms with Crippen molar-refractivity contribution in [1.29, 1.82) is 0 Å². The summed E-state index contributed by atoms with van der Waals surface area (Å²) in [5, 5.41) is 18.2. The second-order valence-corrected chi connectivity index (χ2v) is 6.18. The lowest BCUT2D eigenvalue weighted by atomic mass is 10.1. The molecule has 0 unspecified atom stereocenters. The fourth-order valence-electron chi connectivity index (χ4n) is 2.26. The highest BCUT2D eigenvalue weighted by atomic mass is 32.1. The molecule has 0 radical (unpaired) electrons. The number of carbonyl (C=O) groups is 1. The molecule has 0 saturated carbocycles. The lowest BCUT2D eigenvalue weighted by Gasteiger charge is -2.11. The van der Waals surface area contributed by atoms with Gasteiger partial charge in [-0.2, -0.15) is 5.10 Å². The van der Waals surface area contributed by atoms with Crippen LogP contribution in [0.2, 0.25) is 0 Å². The highest BCUT2D eigenvalue weighted by molar-refractivity contribution is 7.80. The number of benzene rings is 2. The van der Waals surface area contributed by atoms with Crippen molar-refractivity contribution in [3.8, 4) is 5.75 Å². The summed E-state index contributed by atoms with van der Waals surface area (Å²) in [7, 11) is 0. The van der Waals surface area contributed by atoms with E-state index >= 15 is 0 Å². The van der Waals surface area contributed by atoms with Gasteiger partial charge in [-0.15, -0.1) is 0 Å². The quantitative estimate of drug-likeness (QED) is 0.460. The maximum atomic E-state index is 10.5. The number of hydrogen-bond donors (Lipinski definition) is 2. The number of carboxylic acids is 1. The van der Waals surface area contributed by atoms with Crippen molar-refractivity contribution in [3.63, 3.8) is 0 Å². The van der Waals surface area contributed by atoms with Gasteiger partial charge < -0.3 is 20.0 Å². The van der Waals surface area contributed by atoms with Crippen molar-refractivity contribution in [3.05, 3.63) is 59.2 Å². The highest BCUT2D eigenvalue weighted by Crippen LogP contribution is 2.16. The van der Waals surface area contributed by atoms with Crippen molar-refractivity contribution < 1.29 is 14.6 Å². The molecule has 0 fully saturated rings. The predicted octanol–water partition coefficient (Wildman–Crippen LogP) is 2.14. The average molecular weight is 370 g/mol. The Morgan fingerprint density at radius 3 is 2.69 bits per heavy atom. The minimum Gasteiger partial charge on any atom is -0.546 e. The normalized spacial score (nSPS) is 11.0. The van der Waals surface area contributed by atoms with Crippen molar-refractivity contribution >= 4 is 34.7 Å². The van der Waals surface area contributed by atoms with Crippen LogP contribution in [0.25, 0.3) is 0 Å². The zero-order valence-corrected chi connectivity index (χ0v) is 15.6. The number of rotatable bonds is 6. The number of nitrogens with zero attached hydrogens (tertiary/aromatic N) is 1. The SMILES string of the molecule is C/C(=N/NC(=S)Nc1ccc(C)cc1C)c1cccc(OCC(=O)[O-])c1. The molecule has 0 bridgehead atoms. The van der Waals surface area contributed by atoms with Crippen LogP contribution in [-0.2, 0) is 4.79 Å². The van der Waals surface area contributed by atoms with E-state index in [1.807, 2.05) is 39.0 Å². The van der Waals surface area contributed by atoms with Gasteiger partial charge in [-0.05, 0) is 56.8 Å². The Labute approximate surface area is 157 Å². The van der Waals surface area contributed by atoms with Gasteiger partial charge in [-0.1, -0.05) is 29.8 Å². The Bertz CT molecular complexity index is 850. The number of carbonyl (C=O) groups excluding carboxylic acids is 1. The van der Waals surface area contributed by atoms with Crippen molar-refractivity contribution in [2.75, 3.05) is 11.9 Å². The number of hydrogen-bond acceptors (Lipinski definition) is 5. The van der Waals surface area contributed by atoms with Gasteiger partial charge in [-0.3, -0.25) is 5.43 Å². The van der Waals surface area contributed by atoms with E-state index in [1.165, 1.54) is 5.56 Å². The molecule has 2 N–H and O–H groups in total. The van der Waals surface area contributed by atoms with Gasteiger partial charge in [0.25, 0.3) is 0 Å². The maximum absolute atomic E-state index is 10.5. The standard InChI is InChI=1S/C19H21N3O3S/c1-12-7-8-17(13(2)9-12)20-19(26)22-21-14(3)15-5-4-6-16(10-15)25-11-18(23)24/h4-10H,11H2,1-3H3,(H,23,24)(H2,20,22,26)/p-1/b21-14-. The van der Waals surface area contributed by atoms with Crippen LogP contribution >= 0.6 is 12.2 Å². The van der Waals surface area contributed by atoms with E-state index in [0.717, 1.165) is 16.8 Å². The van der Waals surface area contributed by atoms with Crippen LogP contribution < -0.4 is 20.6 Å². The predicted molar refractivity (Wildman–Crippen MR) is 104 cm³/mol. The first-order valence-corrected chi connectivity index (χ1v) is 8.37. The number of nitrogens with one attached hydrogen (secondary N) is 2. The monoisotopic (exact) mass is 370 g/mol. The molecule has 6 nitrogen and oxygen atoms in total. The van der Waals surface area contributed by atoms with Crippen LogP contribution in [0, 0.1) is 13.8 Å². The van der Waals surface area contributed by atoms with Crippen LogP contribution in [0.3, 0.4) is 0 Å². The molecule has 136 valence electrons. The molecule has 0 amide bonds. The van der Waals surface area contributed by atoms with Crippen molar-refractivity contribution in [1.82, 2.24) is 5.43 Å². The molecule has 0 aromatic heterocycles. The van der Waals surface area contributed by atoms with Gasteiger partial charge in [0.05, 0.1) is 11.7 Å². The van der Waals surface area contributed by atoms with E-state index in [4.69, 9.17) is 17.0 Å². The summed E-state index contributed by atoms with van der Waals surface area (Å²) >= 11 is 5.27. The molecule has 26 heavy (non-hydrogen) atoms. The van der Waals surface area contributed by atoms with Gasteiger partial charge in [0.1, 0.15) is 12.4 Å². The second kappa shape index (κ2) is 8.96. The smallest absolute Gasteiger partial charge is 0.191 e. The Morgan fingerprint density at radius 1 is 1.23 bits per heavy atom. The van der Waals surface area contributed by atoms with E-state index in [-0.39, 0.29) is 0 Å².